The van der Waals surface area contributed by atoms with Crippen molar-refractivity contribution in [3.63, 3.8) is 0 Å². The second-order valence-electron chi connectivity index (χ2n) is 2.41. The molecule has 0 aromatic carbocycles. The highest BCUT2D eigenvalue weighted by atomic mass is 16.2. The molecule has 0 saturated heterocycles. The minimum Gasteiger partial charge on any atom is -0.348 e. The summed E-state index contributed by atoms with van der Waals surface area (Å²) in [4.78, 5) is 42.1. The lowest BCUT2D eigenvalue weighted by Crippen LogP contribution is -2.45. The van der Waals surface area contributed by atoms with Crippen molar-refractivity contribution in [2.24, 2.45) is 5.73 Å². The lowest BCUT2D eigenvalue weighted by molar-refractivity contribution is -0.122. The summed E-state index contributed by atoms with van der Waals surface area (Å²) in [5.41, 5.74) is 4.93. The van der Waals surface area contributed by atoms with Crippen LogP contribution in [0.15, 0.2) is 0 Å². The van der Waals surface area contributed by atoms with E-state index < -0.39 is 17.8 Å². The highest BCUT2D eigenvalue weighted by Crippen LogP contribution is 1.67. The molecule has 4 amide bonds. The van der Waals surface area contributed by atoms with E-state index in [4.69, 9.17) is 5.73 Å². The van der Waals surface area contributed by atoms with Gasteiger partial charge in [-0.25, -0.2) is 4.79 Å². The second-order valence-corrected chi connectivity index (χ2v) is 2.41. The first-order valence-electron chi connectivity index (χ1n) is 4.08. The first-order valence-corrected chi connectivity index (χ1v) is 4.08. The third-order valence-electron chi connectivity index (χ3n) is 1.23. The third-order valence-corrected chi connectivity index (χ3v) is 1.23. The number of carbonyl (C=O) groups is 4. The Bertz CT molecular complexity index is 266. The second kappa shape index (κ2) is 7.44. The number of nitrogens with one attached hydrogen (secondary N) is 3. The van der Waals surface area contributed by atoms with Gasteiger partial charge in [0.15, 0.2) is 0 Å². The van der Waals surface area contributed by atoms with E-state index >= 15 is 0 Å². The van der Waals surface area contributed by atoms with Gasteiger partial charge >= 0.3 is 6.03 Å². The molecule has 0 aromatic rings. The lowest BCUT2D eigenvalue weighted by atomic mass is 10.5. The molecule has 0 aliphatic carbocycles. The molecule has 15 heavy (non-hydrogen) atoms. The molecular formula is C7H12N4O4. The van der Waals surface area contributed by atoms with E-state index in [-0.39, 0.29) is 19.6 Å². The molecule has 0 spiro atoms. The Kier molecular flexibility index (Phi) is 6.47. The Morgan fingerprint density at radius 1 is 1.13 bits per heavy atom. The fourth-order valence-electron chi connectivity index (χ4n) is 0.600. The molecule has 0 bridgehead atoms. The Hall–Kier alpha value is -1.96. The van der Waals surface area contributed by atoms with Crippen LogP contribution in [0.4, 0.5) is 4.79 Å². The first-order chi connectivity index (χ1) is 7.10. The number of aldehydes is 1. The standard InChI is InChI=1S/C7H12N4O4/c8-3-5(13)11-7(15)10-4-6(14)9-1-2-12/h2H,1,3-4,8H2,(H,9,14)(H2,10,11,13,15). The molecule has 0 atom stereocenters. The predicted octanol–water partition coefficient (Wildman–Crippen LogP) is -2.91. The van der Waals surface area contributed by atoms with Gasteiger partial charge in [0.1, 0.15) is 6.29 Å². The van der Waals surface area contributed by atoms with Gasteiger partial charge in [-0.05, 0) is 0 Å². The largest absolute Gasteiger partial charge is 0.348 e. The molecule has 8 nitrogen and oxygen atoms in total. The zero-order valence-electron chi connectivity index (χ0n) is 7.91. The SMILES string of the molecule is NCC(=O)NC(=O)NCC(=O)NCC=O. The summed E-state index contributed by atoms with van der Waals surface area (Å²) in [7, 11) is 0. The number of urea groups is 1. The van der Waals surface area contributed by atoms with Crippen LogP contribution < -0.4 is 21.7 Å². The average molecular weight is 216 g/mol. The van der Waals surface area contributed by atoms with Gasteiger partial charge in [-0.2, -0.15) is 0 Å². The van der Waals surface area contributed by atoms with Crippen LogP contribution in [0.1, 0.15) is 0 Å². The number of carbonyl (C=O) groups excluding carboxylic acids is 4. The van der Waals surface area contributed by atoms with Gasteiger partial charge in [0, 0.05) is 0 Å². The predicted molar refractivity (Wildman–Crippen MR) is 49.7 cm³/mol. The molecule has 0 aliphatic rings. The van der Waals surface area contributed by atoms with Crippen LogP contribution in [0.5, 0.6) is 0 Å². The van der Waals surface area contributed by atoms with Gasteiger partial charge in [-0.15, -0.1) is 0 Å². The van der Waals surface area contributed by atoms with Crippen LogP contribution in [0.25, 0.3) is 0 Å². The van der Waals surface area contributed by atoms with Gasteiger partial charge in [-0.3, -0.25) is 14.9 Å². The molecule has 0 unspecified atom stereocenters. The molecule has 0 aliphatic heterocycles. The van der Waals surface area contributed by atoms with Crippen molar-refractivity contribution in [3.8, 4) is 0 Å². The van der Waals surface area contributed by atoms with Crippen LogP contribution >= 0.6 is 0 Å². The van der Waals surface area contributed by atoms with E-state index in [1.54, 1.807) is 0 Å². The number of rotatable bonds is 5. The minimum atomic E-state index is -0.813. The van der Waals surface area contributed by atoms with Crippen molar-refractivity contribution >= 4 is 24.1 Å². The fourth-order valence-corrected chi connectivity index (χ4v) is 0.600. The van der Waals surface area contributed by atoms with Crippen molar-refractivity contribution in [2.75, 3.05) is 19.6 Å². The van der Waals surface area contributed by atoms with Crippen molar-refractivity contribution in [1.29, 1.82) is 0 Å². The van der Waals surface area contributed by atoms with Crippen LogP contribution in [0.3, 0.4) is 0 Å². The molecule has 0 rings (SSSR count). The lowest BCUT2D eigenvalue weighted by Gasteiger charge is -2.05. The van der Waals surface area contributed by atoms with E-state index in [0.717, 1.165) is 0 Å². The Balaban J connectivity index is 3.66. The summed E-state index contributed by atoms with van der Waals surface area (Å²) in [6, 6.07) is -0.813. The minimum absolute atomic E-state index is 0.121. The van der Waals surface area contributed by atoms with E-state index in [1.807, 2.05) is 5.32 Å². The molecule has 8 heteroatoms. The Morgan fingerprint density at radius 2 is 1.80 bits per heavy atom. The zero-order valence-corrected chi connectivity index (χ0v) is 7.91. The van der Waals surface area contributed by atoms with E-state index in [1.165, 1.54) is 0 Å². The normalized spacial score (nSPS) is 8.87. The number of hydrogen-bond donors (Lipinski definition) is 4. The monoisotopic (exact) mass is 216 g/mol. The van der Waals surface area contributed by atoms with Crippen molar-refractivity contribution in [2.45, 2.75) is 0 Å². The summed E-state index contributed by atoms with van der Waals surface area (Å²) in [5, 5.41) is 6.18. The maximum absolute atomic E-state index is 10.8. The maximum Gasteiger partial charge on any atom is 0.321 e. The van der Waals surface area contributed by atoms with E-state index in [9.17, 15) is 19.2 Å². The zero-order chi connectivity index (χ0) is 11.7. The Labute approximate surface area is 85.6 Å². The summed E-state index contributed by atoms with van der Waals surface area (Å²) >= 11 is 0. The van der Waals surface area contributed by atoms with E-state index in [2.05, 4.69) is 10.6 Å². The molecule has 84 valence electrons. The fraction of sp³-hybridized carbons (Fsp3) is 0.429. The molecule has 0 fully saturated rings. The average Bonchev–Trinajstić information content (AvgIpc) is 2.23. The number of hydrogen-bond acceptors (Lipinski definition) is 5. The van der Waals surface area contributed by atoms with Gasteiger partial charge in [-0.1, -0.05) is 0 Å². The summed E-state index contributed by atoms with van der Waals surface area (Å²) in [5.74, 6) is -1.18. The Morgan fingerprint density at radius 3 is 2.33 bits per heavy atom. The molecule has 0 heterocycles. The van der Waals surface area contributed by atoms with Gasteiger partial charge in [0.2, 0.25) is 11.8 Å². The van der Waals surface area contributed by atoms with Crippen molar-refractivity contribution < 1.29 is 19.2 Å². The molecule has 5 N–H and O–H groups in total. The topological polar surface area (TPSA) is 130 Å². The first kappa shape index (κ1) is 13.0. The van der Waals surface area contributed by atoms with Crippen LogP contribution in [0, 0.1) is 0 Å². The van der Waals surface area contributed by atoms with Crippen LogP contribution in [-0.4, -0.2) is 43.8 Å². The van der Waals surface area contributed by atoms with Gasteiger partial charge < -0.3 is 21.2 Å². The number of amides is 4. The number of imide groups is 1. The molecule has 0 radical (unpaired) electrons. The van der Waals surface area contributed by atoms with Gasteiger partial charge in [0.05, 0.1) is 19.6 Å². The highest BCUT2D eigenvalue weighted by Gasteiger charge is 2.06. The quantitative estimate of drug-likeness (QED) is 0.366. The van der Waals surface area contributed by atoms with Crippen molar-refractivity contribution in [3.05, 3.63) is 0 Å². The highest BCUT2D eigenvalue weighted by molar-refractivity contribution is 5.96. The van der Waals surface area contributed by atoms with Crippen LogP contribution in [0.2, 0.25) is 0 Å². The molecule has 0 aromatic heterocycles. The summed E-state index contributed by atoms with van der Waals surface area (Å²) in [6.07, 6.45) is 0.510. The number of nitrogens with two attached hydrogens (primary N) is 1. The summed E-state index contributed by atoms with van der Waals surface area (Å²) < 4.78 is 0. The summed E-state index contributed by atoms with van der Waals surface area (Å²) in [6.45, 7) is -0.758. The van der Waals surface area contributed by atoms with E-state index in [0.29, 0.717) is 6.29 Å². The van der Waals surface area contributed by atoms with Gasteiger partial charge in [0.25, 0.3) is 0 Å². The smallest absolute Gasteiger partial charge is 0.321 e. The third kappa shape index (κ3) is 7.14. The van der Waals surface area contributed by atoms with Crippen molar-refractivity contribution in [1.82, 2.24) is 16.0 Å². The van der Waals surface area contributed by atoms with Crippen LogP contribution in [-0.2, 0) is 14.4 Å². The maximum atomic E-state index is 10.8. The molecular weight excluding hydrogens is 204 g/mol. The molecule has 0 saturated carbocycles.